The van der Waals surface area contributed by atoms with Gasteiger partial charge in [-0.2, -0.15) is 5.26 Å². The Labute approximate surface area is 205 Å². The van der Waals surface area contributed by atoms with Crippen molar-refractivity contribution in [3.05, 3.63) is 65.2 Å². The minimum atomic E-state index is -1.42. The Morgan fingerprint density at radius 2 is 1.71 bits per heavy atom. The third-order valence-corrected chi connectivity index (χ3v) is 5.05. The van der Waals surface area contributed by atoms with Gasteiger partial charge in [0.15, 0.2) is 0 Å². The summed E-state index contributed by atoms with van der Waals surface area (Å²) in [5.41, 5.74) is 1.98. The molecule has 0 bridgehead atoms. The summed E-state index contributed by atoms with van der Waals surface area (Å²) in [6.07, 6.45) is -0.905. The molecule has 2 rings (SSSR count). The molecule has 3 amide bonds. The van der Waals surface area contributed by atoms with E-state index in [0.29, 0.717) is 11.3 Å². The van der Waals surface area contributed by atoms with Gasteiger partial charge in [-0.15, -0.1) is 0 Å². The summed E-state index contributed by atoms with van der Waals surface area (Å²) >= 11 is 0. The highest BCUT2D eigenvalue weighted by atomic mass is 16.6. The Morgan fingerprint density at radius 3 is 2.26 bits per heavy atom. The van der Waals surface area contributed by atoms with Crippen molar-refractivity contribution in [2.24, 2.45) is 0 Å². The van der Waals surface area contributed by atoms with Gasteiger partial charge < -0.3 is 25.4 Å². The van der Waals surface area contributed by atoms with Gasteiger partial charge in [0.05, 0.1) is 12.7 Å². The summed E-state index contributed by atoms with van der Waals surface area (Å²) in [6, 6.07) is 13.5. The number of aliphatic hydroxyl groups excluding tert-OH is 1. The first-order valence-electron chi connectivity index (χ1n) is 11.2. The van der Waals surface area contributed by atoms with Gasteiger partial charge in [-0.05, 0) is 51.8 Å². The van der Waals surface area contributed by atoms with Crippen molar-refractivity contribution < 1.29 is 24.2 Å². The number of aliphatic hydroxyl groups is 1. The number of ether oxygens (including phenoxy) is 1. The van der Waals surface area contributed by atoms with Gasteiger partial charge in [-0.3, -0.25) is 9.59 Å². The number of hydrogen-bond acceptors (Lipinski definition) is 6. The predicted octanol–water partition coefficient (Wildman–Crippen LogP) is 3.22. The number of hydrogen-bond donors (Lipinski definition) is 3. The van der Waals surface area contributed by atoms with Crippen LogP contribution in [-0.4, -0.2) is 52.7 Å². The molecule has 0 fully saturated rings. The van der Waals surface area contributed by atoms with E-state index in [1.807, 2.05) is 32.0 Å². The highest BCUT2D eigenvalue weighted by molar-refractivity contribution is 5.99. The fourth-order valence-corrected chi connectivity index (χ4v) is 3.34. The van der Waals surface area contributed by atoms with Crippen molar-refractivity contribution in [2.45, 2.75) is 52.3 Å². The lowest BCUT2D eigenvalue weighted by atomic mass is 10.0. The normalized spacial score (nSPS) is 12.6. The smallest absolute Gasteiger partial charge is 0.408 e. The number of nitrogens with zero attached hydrogens (tertiary/aromatic N) is 2. The molecule has 3 N–H and O–H groups in total. The molecule has 2 atom stereocenters. The van der Waals surface area contributed by atoms with Gasteiger partial charge in [0, 0.05) is 5.69 Å². The van der Waals surface area contributed by atoms with Crippen LogP contribution in [0.15, 0.2) is 48.5 Å². The molecule has 0 radical (unpaired) electrons. The third kappa shape index (κ3) is 7.83. The van der Waals surface area contributed by atoms with Crippen molar-refractivity contribution in [3.63, 3.8) is 0 Å². The zero-order chi connectivity index (χ0) is 26.2. The highest BCUT2D eigenvalue weighted by Gasteiger charge is 2.36. The molecule has 2 aromatic rings. The molecule has 0 saturated heterocycles. The minimum absolute atomic E-state index is 0.453. The number of benzene rings is 2. The number of para-hydroxylation sites is 1. The number of aryl methyl sites for hydroxylation is 2. The molecule has 9 heteroatoms. The van der Waals surface area contributed by atoms with Crippen LogP contribution in [0.4, 0.5) is 10.5 Å². The second kappa shape index (κ2) is 12.0. The topological polar surface area (TPSA) is 132 Å². The van der Waals surface area contributed by atoms with E-state index in [4.69, 9.17) is 4.74 Å². The van der Waals surface area contributed by atoms with E-state index >= 15 is 0 Å². The van der Waals surface area contributed by atoms with Crippen LogP contribution < -0.4 is 10.6 Å². The van der Waals surface area contributed by atoms with Gasteiger partial charge in [0.1, 0.15) is 24.2 Å². The molecule has 35 heavy (non-hydrogen) atoms. The zero-order valence-electron chi connectivity index (χ0n) is 20.7. The van der Waals surface area contributed by atoms with Crippen LogP contribution in [0.1, 0.15) is 43.5 Å². The maximum atomic E-state index is 13.5. The fourth-order valence-electron chi connectivity index (χ4n) is 3.34. The average Bonchev–Trinajstić information content (AvgIpc) is 2.78. The molecule has 2 unspecified atom stereocenters. The van der Waals surface area contributed by atoms with Gasteiger partial charge in [0.25, 0.3) is 5.91 Å². The molecule has 0 spiro atoms. The summed E-state index contributed by atoms with van der Waals surface area (Å²) in [4.78, 5) is 40.2. The molecule has 0 aliphatic carbocycles. The van der Waals surface area contributed by atoms with Crippen LogP contribution in [-0.2, 0) is 14.3 Å². The number of nitriles is 1. The van der Waals surface area contributed by atoms with Crippen molar-refractivity contribution in [3.8, 4) is 6.07 Å². The third-order valence-electron chi connectivity index (χ3n) is 5.05. The maximum absolute atomic E-state index is 13.5. The quantitative estimate of drug-likeness (QED) is 0.497. The van der Waals surface area contributed by atoms with E-state index in [9.17, 15) is 24.8 Å². The van der Waals surface area contributed by atoms with Gasteiger partial charge in [0.2, 0.25) is 5.91 Å². The van der Waals surface area contributed by atoms with Crippen molar-refractivity contribution >= 4 is 23.6 Å². The van der Waals surface area contributed by atoms with E-state index in [-0.39, 0.29) is 0 Å². The molecule has 0 aliphatic rings. The Kier molecular flexibility index (Phi) is 9.37. The molecule has 0 saturated carbocycles. The largest absolute Gasteiger partial charge is 0.444 e. The van der Waals surface area contributed by atoms with Crippen molar-refractivity contribution in [1.82, 2.24) is 10.2 Å². The first kappa shape index (κ1) is 27.3. The Balaban J connectivity index is 2.44. The summed E-state index contributed by atoms with van der Waals surface area (Å²) in [7, 11) is 0. The second-order valence-corrected chi connectivity index (χ2v) is 9.12. The summed E-state index contributed by atoms with van der Waals surface area (Å²) in [5.74, 6) is -1.34. The zero-order valence-corrected chi connectivity index (χ0v) is 20.7. The first-order chi connectivity index (χ1) is 16.5. The number of nitrogens with one attached hydrogen (secondary N) is 2. The Bertz CT molecular complexity index is 1090. The number of amides is 3. The molecule has 0 aromatic heterocycles. The number of rotatable bonds is 8. The summed E-state index contributed by atoms with van der Waals surface area (Å²) in [5, 5.41) is 24.5. The molecular formula is C26H32N4O5. The molecule has 186 valence electrons. The van der Waals surface area contributed by atoms with Gasteiger partial charge in [-0.1, -0.05) is 48.0 Å². The molecule has 0 aliphatic heterocycles. The predicted molar refractivity (Wildman–Crippen MR) is 131 cm³/mol. The minimum Gasteiger partial charge on any atom is -0.444 e. The number of anilines is 1. The lowest BCUT2D eigenvalue weighted by Crippen LogP contribution is -2.54. The van der Waals surface area contributed by atoms with Crippen LogP contribution in [0.2, 0.25) is 0 Å². The van der Waals surface area contributed by atoms with Gasteiger partial charge >= 0.3 is 6.09 Å². The van der Waals surface area contributed by atoms with Crippen LogP contribution in [0.3, 0.4) is 0 Å². The lowest BCUT2D eigenvalue weighted by molar-refractivity contribution is -0.140. The number of carbonyl (C=O) groups excluding carboxylic acids is 3. The number of carbonyl (C=O) groups is 3. The van der Waals surface area contributed by atoms with Crippen LogP contribution in [0, 0.1) is 25.2 Å². The summed E-state index contributed by atoms with van der Waals surface area (Å²) in [6.45, 7) is 7.50. The average molecular weight is 481 g/mol. The van der Waals surface area contributed by atoms with E-state index < -0.39 is 48.7 Å². The highest BCUT2D eigenvalue weighted by Crippen LogP contribution is 2.25. The standard InChI is InChI=1S/C26H32N4O5/c1-17-10-12-19(13-11-17)22(23(32)28-20-9-7-6-8-18(20)2)30(15-14-27)24(33)21(16-31)29-25(34)35-26(3,4)5/h6-13,21-22,31H,15-16H2,1-5H3,(H,28,32)(H,29,34). The molecular weight excluding hydrogens is 448 g/mol. The van der Waals surface area contributed by atoms with Crippen LogP contribution >= 0.6 is 0 Å². The Hall–Kier alpha value is -3.90. The number of alkyl carbamates (subject to hydrolysis) is 1. The maximum Gasteiger partial charge on any atom is 0.408 e. The Morgan fingerprint density at radius 1 is 1.09 bits per heavy atom. The first-order valence-corrected chi connectivity index (χ1v) is 11.2. The van der Waals surface area contributed by atoms with E-state index in [1.165, 1.54) is 0 Å². The lowest BCUT2D eigenvalue weighted by Gasteiger charge is -2.32. The van der Waals surface area contributed by atoms with Crippen molar-refractivity contribution in [2.75, 3.05) is 18.5 Å². The van der Waals surface area contributed by atoms with E-state index in [0.717, 1.165) is 16.0 Å². The van der Waals surface area contributed by atoms with Gasteiger partial charge in [-0.25, -0.2) is 4.79 Å². The SMILES string of the molecule is Cc1ccc(C(C(=O)Nc2ccccc2C)N(CC#N)C(=O)C(CO)NC(=O)OC(C)(C)C)cc1. The van der Waals surface area contributed by atoms with Crippen molar-refractivity contribution in [1.29, 1.82) is 5.26 Å². The molecule has 2 aromatic carbocycles. The molecule has 0 heterocycles. The second-order valence-electron chi connectivity index (χ2n) is 9.12. The monoisotopic (exact) mass is 480 g/mol. The van der Waals surface area contributed by atoms with Crippen LogP contribution in [0.25, 0.3) is 0 Å². The van der Waals surface area contributed by atoms with Crippen LogP contribution in [0.5, 0.6) is 0 Å². The van der Waals surface area contributed by atoms with E-state index in [1.54, 1.807) is 57.2 Å². The molecule has 9 nitrogen and oxygen atoms in total. The summed E-state index contributed by atoms with van der Waals surface area (Å²) < 4.78 is 5.18. The fraction of sp³-hybridized carbons (Fsp3) is 0.385. The van der Waals surface area contributed by atoms with E-state index in [2.05, 4.69) is 10.6 Å².